The zero-order chi connectivity index (χ0) is 17.8. The summed E-state index contributed by atoms with van der Waals surface area (Å²) in [5.41, 5.74) is 2.53. The lowest BCUT2D eigenvalue weighted by molar-refractivity contribution is 0.318. The number of aromatic amines is 1. The molecule has 3 rings (SSSR count). The molecular formula is C18H18N4O2S. The van der Waals surface area contributed by atoms with Crippen LogP contribution < -0.4 is 4.74 Å². The molecule has 0 radical (unpaired) electrons. The minimum Gasteiger partial charge on any atom is -0.504 e. The third kappa shape index (κ3) is 3.46. The molecule has 0 bridgehead atoms. The van der Waals surface area contributed by atoms with Gasteiger partial charge in [0.2, 0.25) is 4.77 Å². The monoisotopic (exact) mass is 354 g/mol. The van der Waals surface area contributed by atoms with E-state index in [2.05, 4.69) is 15.3 Å². The van der Waals surface area contributed by atoms with Crippen molar-refractivity contribution in [1.82, 2.24) is 14.9 Å². The lowest BCUT2D eigenvalue weighted by atomic mass is 10.1. The van der Waals surface area contributed by atoms with Gasteiger partial charge in [-0.1, -0.05) is 30.3 Å². The smallest absolute Gasteiger partial charge is 0.216 e. The van der Waals surface area contributed by atoms with Gasteiger partial charge in [-0.15, -0.1) is 0 Å². The Morgan fingerprint density at radius 3 is 2.84 bits per heavy atom. The van der Waals surface area contributed by atoms with Gasteiger partial charge >= 0.3 is 0 Å². The van der Waals surface area contributed by atoms with E-state index in [1.165, 1.54) is 10.9 Å². The molecule has 25 heavy (non-hydrogen) atoms. The zero-order valence-corrected chi connectivity index (χ0v) is 14.7. The Balaban J connectivity index is 2.01. The third-order valence-corrected chi connectivity index (χ3v) is 3.94. The van der Waals surface area contributed by atoms with Crippen molar-refractivity contribution in [2.45, 2.75) is 13.8 Å². The predicted molar refractivity (Wildman–Crippen MR) is 99.9 cm³/mol. The molecule has 0 saturated carbocycles. The number of aromatic nitrogens is 3. The molecule has 6 nitrogen and oxygen atoms in total. The maximum absolute atomic E-state index is 10.3. The summed E-state index contributed by atoms with van der Waals surface area (Å²) in [5, 5.41) is 21.7. The molecule has 3 aromatic rings. The fourth-order valence-electron chi connectivity index (χ4n) is 2.43. The number of ether oxygens (including phenoxy) is 1. The second-order valence-corrected chi connectivity index (χ2v) is 5.74. The molecule has 0 unspecified atom stereocenters. The van der Waals surface area contributed by atoms with Crippen LogP contribution in [-0.2, 0) is 0 Å². The molecule has 0 atom stereocenters. The number of rotatable bonds is 5. The standard InChI is InChI=1S/C18H18N4O2S/c1-3-24-15-10-6-8-13(16(15)23)11-19-22-17(20-21-18(22)25)14-9-5-4-7-12(14)2/h4-11,23H,3H2,1-2H3,(H,21,25)/b19-11+. The van der Waals surface area contributed by atoms with E-state index in [0.717, 1.165) is 11.1 Å². The van der Waals surface area contributed by atoms with E-state index in [1.54, 1.807) is 18.2 Å². The number of hydrogen-bond donors (Lipinski definition) is 2. The van der Waals surface area contributed by atoms with Crippen molar-refractivity contribution in [2.24, 2.45) is 5.10 Å². The van der Waals surface area contributed by atoms with E-state index in [1.807, 2.05) is 38.1 Å². The van der Waals surface area contributed by atoms with Crippen LogP contribution in [0.25, 0.3) is 11.4 Å². The molecule has 0 aliphatic rings. The van der Waals surface area contributed by atoms with Gasteiger partial charge in [0.05, 0.1) is 12.8 Å². The molecule has 2 aromatic carbocycles. The maximum atomic E-state index is 10.3. The molecule has 0 aliphatic heterocycles. The number of hydrogen-bond acceptors (Lipinski definition) is 5. The third-order valence-electron chi connectivity index (χ3n) is 3.68. The predicted octanol–water partition coefficient (Wildman–Crippen LogP) is 3.90. The van der Waals surface area contributed by atoms with Gasteiger partial charge in [0.1, 0.15) is 0 Å². The first-order chi connectivity index (χ1) is 12.1. The van der Waals surface area contributed by atoms with Crippen LogP contribution >= 0.6 is 12.2 Å². The number of phenolic OH excluding ortho intramolecular Hbond substituents is 1. The summed E-state index contributed by atoms with van der Waals surface area (Å²) in [7, 11) is 0. The van der Waals surface area contributed by atoms with Crippen molar-refractivity contribution in [3.63, 3.8) is 0 Å². The first kappa shape index (κ1) is 16.9. The average Bonchev–Trinajstić information content (AvgIpc) is 2.97. The van der Waals surface area contributed by atoms with Crippen molar-refractivity contribution in [2.75, 3.05) is 6.61 Å². The van der Waals surface area contributed by atoms with E-state index in [4.69, 9.17) is 17.0 Å². The van der Waals surface area contributed by atoms with Crippen molar-refractivity contribution in [1.29, 1.82) is 0 Å². The molecule has 1 aromatic heterocycles. The van der Waals surface area contributed by atoms with E-state index < -0.39 is 0 Å². The number of H-pyrrole nitrogens is 1. The summed E-state index contributed by atoms with van der Waals surface area (Å²) in [6.07, 6.45) is 1.53. The number of nitrogens with one attached hydrogen (secondary N) is 1. The maximum Gasteiger partial charge on any atom is 0.216 e. The van der Waals surface area contributed by atoms with Crippen molar-refractivity contribution >= 4 is 18.4 Å². The van der Waals surface area contributed by atoms with Crippen molar-refractivity contribution in [3.8, 4) is 22.9 Å². The molecular weight excluding hydrogens is 336 g/mol. The summed E-state index contributed by atoms with van der Waals surface area (Å²) in [4.78, 5) is 0. The topological polar surface area (TPSA) is 75.4 Å². The first-order valence-electron chi connectivity index (χ1n) is 7.84. The number of aromatic hydroxyl groups is 1. The molecule has 0 spiro atoms. The number of benzene rings is 2. The second-order valence-electron chi connectivity index (χ2n) is 5.35. The Labute approximate surface area is 150 Å². The molecule has 0 fully saturated rings. The van der Waals surface area contributed by atoms with Crippen LogP contribution in [0, 0.1) is 11.7 Å². The first-order valence-corrected chi connectivity index (χ1v) is 8.25. The van der Waals surface area contributed by atoms with Crippen LogP contribution in [0.2, 0.25) is 0 Å². The molecule has 128 valence electrons. The number of nitrogens with zero attached hydrogens (tertiary/aromatic N) is 3. The molecule has 7 heteroatoms. The van der Waals surface area contributed by atoms with Crippen LogP contribution in [0.3, 0.4) is 0 Å². The Morgan fingerprint density at radius 1 is 1.28 bits per heavy atom. The molecule has 0 aliphatic carbocycles. The lowest BCUT2D eigenvalue weighted by Crippen LogP contribution is -1.97. The van der Waals surface area contributed by atoms with Crippen LogP contribution in [0.15, 0.2) is 47.6 Å². The highest BCUT2D eigenvalue weighted by Crippen LogP contribution is 2.29. The zero-order valence-electron chi connectivity index (χ0n) is 13.9. The van der Waals surface area contributed by atoms with E-state index in [0.29, 0.717) is 28.5 Å². The molecule has 1 heterocycles. The van der Waals surface area contributed by atoms with Crippen LogP contribution in [0.5, 0.6) is 11.5 Å². The van der Waals surface area contributed by atoms with E-state index in [-0.39, 0.29) is 5.75 Å². The molecule has 2 N–H and O–H groups in total. The fourth-order valence-corrected chi connectivity index (χ4v) is 2.61. The quantitative estimate of drug-likeness (QED) is 0.538. The Hall–Kier alpha value is -2.93. The highest BCUT2D eigenvalue weighted by molar-refractivity contribution is 7.71. The van der Waals surface area contributed by atoms with E-state index >= 15 is 0 Å². The summed E-state index contributed by atoms with van der Waals surface area (Å²) >= 11 is 5.28. The fraction of sp³-hybridized carbons (Fsp3) is 0.167. The SMILES string of the molecule is CCOc1cccc(/C=N/n2c(-c3ccccc3C)n[nH]c2=S)c1O. The Bertz CT molecular complexity index is 975. The van der Waals surface area contributed by atoms with Crippen molar-refractivity contribution in [3.05, 3.63) is 58.4 Å². The Morgan fingerprint density at radius 2 is 2.08 bits per heavy atom. The van der Waals surface area contributed by atoms with Crippen molar-refractivity contribution < 1.29 is 9.84 Å². The minimum atomic E-state index is 0.0422. The largest absolute Gasteiger partial charge is 0.504 e. The highest BCUT2D eigenvalue weighted by atomic mass is 32.1. The number of phenols is 1. The van der Waals surface area contributed by atoms with Gasteiger partial charge in [-0.2, -0.15) is 14.9 Å². The average molecular weight is 354 g/mol. The van der Waals surface area contributed by atoms with Gasteiger partial charge in [-0.25, -0.2) is 5.10 Å². The summed E-state index contributed by atoms with van der Waals surface area (Å²) in [6, 6.07) is 13.1. The normalized spacial score (nSPS) is 11.1. The minimum absolute atomic E-state index is 0.0422. The van der Waals surface area contributed by atoms with Gasteiger partial charge < -0.3 is 9.84 Å². The highest BCUT2D eigenvalue weighted by Gasteiger charge is 2.11. The second kappa shape index (κ2) is 7.31. The van der Waals surface area contributed by atoms with Gasteiger partial charge in [0, 0.05) is 11.1 Å². The summed E-state index contributed by atoms with van der Waals surface area (Å²) in [5.74, 6) is 1.07. The Kier molecular flexibility index (Phi) is 4.95. The molecule has 0 amide bonds. The number of para-hydroxylation sites is 1. The summed E-state index contributed by atoms with van der Waals surface area (Å²) < 4.78 is 7.29. The van der Waals surface area contributed by atoms with Gasteiger partial charge in [-0.3, -0.25) is 0 Å². The molecule has 0 saturated heterocycles. The number of aryl methyl sites for hydroxylation is 1. The van der Waals surface area contributed by atoms with Crippen LogP contribution in [0.4, 0.5) is 0 Å². The van der Waals surface area contributed by atoms with Gasteiger partial charge in [0.25, 0.3) is 0 Å². The van der Waals surface area contributed by atoms with Crippen LogP contribution in [0.1, 0.15) is 18.1 Å². The van der Waals surface area contributed by atoms with E-state index in [9.17, 15) is 5.11 Å². The van der Waals surface area contributed by atoms with Gasteiger partial charge in [-0.05, 0) is 43.8 Å². The van der Waals surface area contributed by atoms with Crippen LogP contribution in [-0.4, -0.2) is 32.8 Å². The lowest BCUT2D eigenvalue weighted by Gasteiger charge is -2.07. The summed E-state index contributed by atoms with van der Waals surface area (Å²) in [6.45, 7) is 4.33. The van der Waals surface area contributed by atoms with Gasteiger partial charge in [0.15, 0.2) is 17.3 Å².